The van der Waals surface area contributed by atoms with Gasteiger partial charge >= 0.3 is 14.8 Å². The minimum Gasteiger partial charge on any atom is -0.463 e. The van der Waals surface area contributed by atoms with E-state index in [0.717, 1.165) is 31.7 Å². The van der Waals surface area contributed by atoms with Gasteiger partial charge < -0.3 is 18.0 Å². The molecule has 0 heterocycles. The Balaban J connectivity index is 3.40. The number of carbonyl (C=O) groups is 1. The van der Waals surface area contributed by atoms with Gasteiger partial charge in [-0.3, -0.25) is 0 Å². The fourth-order valence-electron chi connectivity index (χ4n) is 2.12. The second-order valence-electron chi connectivity index (χ2n) is 4.89. The van der Waals surface area contributed by atoms with Crippen molar-refractivity contribution in [2.24, 2.45) is 0 Å². The summed E-state index contributed by atoms with van der Waals surface area (Å²) < 4.78 is 21.1. The molecule has 0 unspecified atom stereocenters. The van der Waals surface area contributed by atoms with Crippen LogP contribution in [0, 0.1) is 0 Å². The Bertz CT molecular complexity index is 271. The van der Waals surface area contributed by atoms with Crippen LogP contribution in [0.2, 0.25) is 6.04 Å². The highest BCUT2D eigenvalue weighted by molar-refractivity contribution is 6.60. The number of hydrogen-bond donors (Lipinski definition) is 0. The molecule has 0 aliphatic heterocycles. The molecule has 0 aromatic rings. The molecule has 0 atom stereocenters. The average molecular weight is 318 g/mol. The van der Waals surface area contributed by atoms with Crippen LogP contribution in [0.15, 0.2) is 12.7 Å². The van der Waals surface area contributed by atoms with Gasteiger partial charge in [0, 0.05) is 33.4 Å². The van der Waals surface area contributed by atoms with Gasteiger partial charge in [-0.1, -0.05) is 38.7 Å². The maximum absolute atomic E-state index is 10.8. The molecule has 0 spiro atoms. The fourth-order valence-corrected chi connectivity index (χ4v) is 3.91. The second-order valence-corrected chi connectivity index (χ2v) is 7.98. The molecule has 6 heteroatoms. The Morgan fingerprint density at radius 2 is 1.38 bits per heavy atom. The molecule has 0 rings (SSSR count). The third-order valence-electron chi connectivity index (χ3n) is 3.47. The summed E-state index contributed by atoms with van der Waals surface area (Å²) >= 11 is 0. The van der Waals surface area contributed by atoms with E-state index in [-0.39, 0.29) is 5.97 Å². The summed E-state index contributed by atoms with van der Waals surface area (Å²) in [5.41, 5.74) is 0. The molecule has 0 saturated carbocycles. The summed E-state index contributed by atoms with van der Waals surface area (Å²) in [5, 5.41) is 0. The predicted octanol–water partition coefficient (Wildman–Crippen LogP) is 3.32. The van der Waals surface area contributed by atoms with Crippen LogP contribution in [-0.2, 0) is 22.8 Å². The van der Waals surface area contributed by atoms with Crippen molar-refractivity contribution < 1.29 is 22.8 Å². The van der Waals surface area contributed by atoms with Crippen molar-refractivity contribution in [3.8, 4) is 0 Å². The monoisotopic (exact) mass is 318 g/mol. The third-order valence-corrected chi connectivity index (χ3v) is 6.30. The Kier molecular flexibility index (Phi) is 12.6. The van der Waals surface area contributed by atoms with E-state index in [1.54, 1.807) is 21.3 Å². The second kappa shape index (κ2) is 13.0. The first-order valence-corrected chi connectivity index (χ1v) is 9.52. The lowest BCUT2D eigenvalue weighted by atomic mass is 10.1. The SMILES string of the molecule is C=CC(=O)OCCCCCCCCC[Si](OC)(OC)OC. The Morgan fingerprint density at radius 3 is 1.86 bits per heavy atom. The number of ether oxygens (including phenoxy) is 1. The van der Waals surface area contributed by atoms with Gasteiger partial charge in [-0.15, -0.1) is 0 Å². The van der Waals surface area contributed by atoms with E-state index in [4.69, 9.17) is 18.0 Å². The summed E-state index contributed by atoms with van der Waals surface area (Å²) in [6.07, 6.45) is 9.03. The average Bonchev–Trinajstić information content (AvgIpc) is 2.53. The molecule has 0 fully saturated rings. The molecule has 0 bridgehead atoms. The van der Waals surface area contributed by atoms with E-state index < -0.39 is 8.80 Å². The van der Waals surface area contributed by atoms with Crippen LogP contribution in [0.1, 0.15) is 44.9 Å². The zero-order valence-corrected chi connectivity index (χ0v) is 14.7. The molecule has 0 amide bonds. The molecule has 0 aliphatic rings. The van der Waals surface area contributed by atoms with Crippen molar-refractivity contribution in [2.45, 2.75) is 51.0 Å². The highest BCUT2D eigenvalue weighted by atomic mass is 28.4. The van der Waals surface area contributed by atoms with Gasteiger partial charge in [-0.2, -0.15) is 0 Å². The minimum atomic E-state index is -2.37. The molecule has 0 aromatic carbocycles. The summed E-state index contributed by atoms with van der Waals surface area (Å²) in [4.78, 5) is 10.8. The number of unbranched alkanes of at least 4 members (excludes halogenated alkanes) is 6. The van der Waals surface area contributed by atoms with Crippen molar-refractivity contribution in [2.75, 3.05) is 27.9 Å². The maximum atomic E-state index is 10.8. The Hall–Kier alpha value is -0.693. The van der Waals surface area contributed by atoms with Gasteiger partial charge in [0.15, 0.2) is 0 Å². The number of esters is 1. The van der Waals surface area contributed by atoms with Gasteiger partial charge in [-0.25, -0.2) is 4.79 Å². The first-order valence-electron chi connectivity index (χ1n) is 7.58. The lowest BCUT2D eigenvalue weighted by molar-refractivity contribution is -0.137. The zero-order valence-electron chi connectivity index (χ0n) is 13.7. The van der Waals surface area contributed by atoms with Crippen LogP contribution in [0.25, 0.3) is 0 Å². The molecule has 5 nitrogen and oxygen atoms in total. The number of hydrogen-bond acceptors (Lipinski definition) is 5. The van der Waals surface area contributed by atoms with Crippen LogP contribution in [-0.4, -0.2) is 42.7 Å². The Labute approximate surface area is 130 Å². The maximum Gasteiger partial charge on any atom is 0.500 e. The van der Waals surface area contributed by atoms with E-state index in [1.165, 1.54) is 25.3 Å². The minimum absolute atomic E-state index is 0.336. The van der Waals surface area contributed by atoms with Crippen LogP contribution in [0.5, 0.6) is 0 Å². The van der Waals surface area contributed by atoms with Gasteiger partial charge in [0.25, 0.3) is 0 Å². The molecule has 21 heavy (non-hydrogen) atoms. The van der Waals surface area contributed by atoms with Crippen LogP contribution in [0.3, 0.4) is 0 Å². The van der Waals surface area contributed by atoms with Gasteiger partial charge in [0.05, 0.1) is 6.61 Å². The topological polar surface area (TPSA) is 54.0 Å². The van der Waals surface area contributed by atoms with Crippen LogP contribution in [0.4, 0.5) is 0 Å². The van der Waals surface area contributed by atoms with Crippen molar-refractivity contribution in [1.82, 2.24) is 0 Å². The number of carbonyl (C=O) groups excluding carboxylic acids is 1. The number of rotatable bonds is 14. The first-order chi connectivity index (χ1) is 10.1. The molecule has 124 valence electrons. The van der Waals surface area contributed by atoms with Crippen molar-refractivity contribution in [3.05, 3.63) is 12.7 Å². The van der Waals surface area contributed by atoms with E-state index in [0.29, 0.717) is 6.61 Å². The highest BCUT2D eigenvalue weighted by Gasteiger charge is 2.36. The largest absolute Gasteiger partial charge is 0.500 e. The Morgan fingerprint density at radius 1 is 0.905 bits per heavy atom. The molecular formula is C15H30O5Si. The van der Waals surface area contributed by atoms with Crippen molar-refractivity contribution in [3.63, 3.8) is 0 Å². The normalized spacial score (nSPS) is 11.4. The van der Waals surface area contributed by atoms with E-state index in [9.17, 15) is 4.79 Å². The van der Waals surface area contributed by atoms with Crippen molar-refractivity contribution >= 4 is 14.8 Å². The smallest absolute Gasteiger partial charge is 0.463 e. The fraction of sp³-hybridized carbons (Fsp3) is 0.800. The highest BCUT2D eigenvalue weighted by Crippen LogP contribution is 2.18. The predicted molar refractivity (Wildman–Crippen MR) is 85.1 cm³/mol. The van der Waals surface area contributed by atoms with Gasteiger partial charge in [0.1, 0.15) is 0 Å². The summed E-state index contributed by atoms with van der Waals surface area (Å²) in [6.45, 7) is 3.85. The zero-order chi connectivity index (χ0) is 16.0. The third kappa shape index (κ3) is 9.79. The lowest BCUT2D eigenvalue weighted by Gasteiger charge is -2.24. The van der Waals surface area contributed by atoms with Gasteiger partial charge in [0.2, 0.25) is 0 Å². The van der Waals surface area contributed by atoms with Crippen LogP contribution >= 0.6 is 0 Å². The van der Waals surface area contributed by atoms with E-state index in [2.05, 4.69) is 6.58 Å². The quantitative estimate of drug-likeness (QED) is 0.213. The van der Waals surface area contributed by atoms with E-state index in [1.807, 2.05) is 0 Å². The standard InChI is InChI=1S/C15H30O5Si/c1-5-15(16)20-13-11-9-7-6-8-10-12-14-21(17-2,18-3)19-4/h5H,1,6-14H2,2-4H3. The van der Waals surface area contributed by atoms with Gasteiger partial charge in [-0.05, 0) is 12.8 Å². The van der Waals surface area contributed by atoms with E-state index >= 15 is 0 Å². The molecule has 0 aliphatic carbocycles. The van der Waals surface area contributed by atoms with Crippen molar-refractivity contribution in [1.29, 1.82) is 0 Å². The summed E-state index contributed by atoms with van der Waals surface area (Å²) in [5.74, 6) is -0.336. The first kappa shape index (κ1) is 20.3. The summed E-state index contributed by atoms with van der Waals surface area (Å²) in [7, 11) is 2.58. The molecule has 0 radical (unpaired) electrons. The molecule has 0 N–H and O–H groups in total. The summed E-state index contributed by atoms with van der Waals surface area (Å²) in [6, 6.07) is 0.869. The van der Waals surface area contributed by atoms with Crippen LogP contribution < -0.4 is 0 Å². The molecule has 0 aromatic heterocycles. The molecular weight excluding hydrogens is 288 g/mol. The molecule has 0 saturated heterocycles. The lowest BCUT2D eigenvalue weighted by Crippen LogP contribution is -2.42.